The van der Waals surface area contributed by atoms with Crippen molar-refractivity contribution in [2.45, 2.75) is 56.3 Å². The minimum absolute atomic E-state index is 0.00147. The van der Waals surface area contributed by atoms with Crippen LogP contribution in [0.5, 0.6) is 0 Å². The van der Waals surface area contributed by atoms with Gasteiger partial charge in [-0.15, -0.1) is 11.8 Å². The van der Waals surface area contributed by atoms with Crippen LogP contribution in [-0.4, -0.2) is 17.3 Å². The van der Waals surface area contributed by atoms with Crippen LogP contribution in [0.2, 0.25) is 0 Å². The highest BCUT2D eigenvalue weighted by Crippen LogP contribution is 2.67. The second-order valence-electron chi connectivity index (χ2n) is 7.82. The molecule has 1 heterocycles. The summed E-state index contributed by atoms with van der Waals surface area (Å²) in [6.07, 6.45) is 7.50. The summed E-state index contributed by atoms with van der Waals surface area (Å²) in [5.41, 5.74) is 3.12. The van der Waals surface area contributed by atoms with Crippen molar-refractivity contribution in [2.75, 3.05) is 12.4 Å². The molecule has 2 heteroatoms. The van der Waals surface area contributed by atoms with Crippen LogP contribution in [0.25, 0.3) is 0 Å². The molecule has 2 atom stereocenters. The zero-order valence-electron chi connectivity index (χ0n) is 15.8. The quantitative estimate of drug-likeness (QED) is 0.508. The van der Waals surface area contributed by atoms with Crippen molar-refractivity contribution >= 4 is 11.8 Å². The standard InChI is InChI=1S/C24H30OS/c1-2-3-19-26-24-16-10-15-23(24,17-18-25-24)22(20-11-6-4-7-12-20)21-13-8-5-9-14-21/h4-9,11-14,22H,2-3,10,15-19H2,1H3. The van der Waals surface area contributed by atoms with E-state index in [1.165, 1.54) is 55.4 Å². The summed E-state index contributed by atoms with van der Waals surface area (Å²) in [6, 6.07) is 22.3. The molecule has 0 N–H and O–H groups in total. The first-order valence-corrected chi connectivity index (χ1v) is 11.2. The molecule has 1 nitrogen and oxygen atoms in total. The first kappa shape index (κ1) is 18.1. The van der Waals surface area contributed by atoms with Gasteiger partial charge in [0, 0.05) is 17.9 Å². The first-order valence-electron chi connectivity index (χ1n) is 10.2. The van der Waals surface area contributed by atoms with Crippen molar-refractivity contribution in [3.8, 4) is 0 Å². The third kappa shape index (κ3) is 3.01. The Balaban J connectivity index is 1.79. The van der Waals surface area contributed by atoms with E-state index < -0.39 is 0 Å². The Bertz CT molecular complexity index is 647. The van der Waals surface area contributed by atoms with E-state index in [1.54, 1.807) is 0 Å². The van der Waals surface area contributed by atoms with Crippen molar-refractivity contribution in [1.82, 2.24) is 0 Å². The number of thioether (sulfide) groups is 1. The van der Waals surface area contributed by atoms with Gasteiger partial charge < -0.3 is 4.74 Å². The summed E-state index contributed by atoms with van der Waals surface area (Å²) >= 11 is 2.12. The van der Waals surface area contributed by atoms with Gasteiger partial charge in [0.1, 0.15) is 4.93 Å². The topological polar surface area (TPSA) is 9.23 Å². The molecule has 2 aliphatic rings. The lowest BCUT2D eigenvalue weighted by molar-refractivity contribution is 0.0307. The second-order valence-corrected chi connectivity index (χ2v) is 9.17. The summed E-state index contributed by atoms with van der Waals surface area (Å²) in [6.45, 7) is 3.20. The summed E-state index contributed by atoms with van der Waals surface area (Å²) in [5, 5.41) is 0. The van der Waals surface area contributed by atoms with E-state index in [9.17, 15) is 0 Å². The van der Waals surface area contributed by atoms with Gasteiger partial charge in [0.15, 0.2) is 0 Å². The van der Waals surface area contributed by atoms with Gasteiger partial charge in [0.05, 0.1) is 0 Å². The molecule has 138 valence electrons. The molecular weight excluding hydrogens is 336 g/mol. The zero-order valence-corrected chi connectivity index (χ0v) is 16.6. The Labute approximate surface area is 162 Å². The Morgan fingerprint density at radius 1 is 0.923 bits per heavy atom. The number of fused-ring (bicyclic) bond motifs is 1. The Hall–Kier alpha value is -1.25. The SMILES string of the molecule is CCCCSC12CCCC1(C(c1ccccc1)c1ccccc1)CCO2. The van der Waals surface area contributed by atoms with Crippen LogP contribution >= 0.6 is 11.8 Å². The van der Waals surface area contributed by atoms with Crippen molar-refractivity contribution in [1.29, 1.82) is 0 Å². The van der Waals surface area contributed by atoms with Crippen LogP contribution in [0, 0.1) is 5.41 Å². The number of hydrogen-bond donors (Lipinski definition) is 0. The highest BCUT2D eigenvalue weighted by Gasteiger charge is 2.63. The van der Waals surface area contributed by atoms with Crippen molar-refractivity contribution in [3.05, 3.63) is 71.8 Å². The van der Waals surface area contributed by atoms with Crippen LogP contribution < -0.4 is 0 Å². The highest BCUT2D eigenvalue weighted by molar-refractivity contribution is 8.00. The maximum Gasteiger partial charge on any atom is 0.120 e. The van der Waals surface area contributed by atoms with E-state index in [4.69, 9.17) is 4.74 Å². The number of unbranched alkanes of at least 4 members (excludes halogenated alkanes) is 1. The van der Waals surface area contributed by atoms with Gasteiger partial charge in [-0.2, -0.15) is 0 Å². The molecule has 0 aromatic heterocycles. The van der Waals surface area contributed by atoms with E-state index in [0.29, 0.717) is 5.92 Å². The average molecular weight is 367 g/mol. The van der Waals surface area contributed by atoms with E-state index in [1.807, 2.05) is 0 Å². The lowest BCUT2D eigenvalue weighted by Crippen LogP contribution is -2.42. The third-order valence-electron chi connectivity index (χ3n) is 6.42. The van der Waals surface area contributed by atoms with Crippen LogP contribution in [0.15, 0.2) is 60.7 Å². The maximum atomic E-state index is 6.60. The van der Waals surface area contributed by atoms with Gasteiger partial charge in [0.2, 0.25) is 0 Å². The Morgan fingerprint density at radius 3 is 2.19 bits per heavy atom. The van der Waals surface area contributed by atoms with Crippen LogP contribution in [0.1, 0.15) is 62.5 Å². The zero-order chi connectivity index (χ0) is 17.9. The molecule has 1 aliphatic heterocycles. The molecule has 1 aliphatic carbocycles. The maximum absolute atomic E-state index is 6.60. The van der Waals surface area contributed by atoms with Crippen molar-refractivity contribution in [2.24, 2.45) is 5.41 Å². The number of hydrogen-bond acceptors (Lipinski definition) is 2. The van der Waals surface area contributed by atoms with Gasteiger partial charge in [-0.05, 0) is 49.0 Å². The molecule has 0 amide bonds. The minimum Gasteiger partial charge on any atom is -0.364 e. The molecule has 1 saturated heterocycles. The van der Waals surface area contributed by atoms with E-state index in [0.717, 1.165) is 6.61 Å². The summed E-state index contributed by atoms with van der Waals surface area (Å²) in [7, 11) is 0. The largest absolute Gasteiger partial charge is 0.364 e. The lowest BCUT2D eigenvalue weighted by Gasteiger charge is -2.45. The number of ether oxygens (including phenoxy) is 1. The predicted octanol–water partition coefficient (Wildman–Crippen LogP) is 6.64. The first-order chi connectivity index (χ1) is 12.8. The smallest absolute Gasteiger partial charge is 0.120 e. The number of rotatable bonds is 7. The molecule has 2 aromatic carbocycles. The second kappa shape index (κ2) is 7.78. The fraction of sp³-hybridized carbons (Fsp3) is 0.500. The number of benzene rings is 2. The summed E-state index contributed by atoms with van der Waals surface area (Å²) in [5.74, 6) is 1.64. The molecular formula is C24H30OS. The fourth-order valence-corrected chi connectivity index (χ4v) is 7.10. The summed E-state index contributed by atoms with van der Waals surface area (Å²) < 4.78 is 6.60. The Morgan fingerprint density at radius 2 is 1.58 bits per heavy atom. The Kier molecular flexibility index (Phi) is 5.42. The monoisotopic (exact) mass is 366 g/mol. The van der Waals surface area contributed by atoms with Crippen LogP contribution in [0.4, 0.5) is 0 Å². The molecule has 1 saturated carbocycles. The molecule has 0 bridgehead atoms. The molecule has 4 rings (SSSR count). The van der Waals surface area contributed by atoms with Crippen LogP contribution in [0.3, 0.4) is 0 Å². The van der Waals surface area contributed by atoms with Gasteiger partial charge in [0.25, 0.3) is 0 Å². The third-order valence-corrected chi connectivity index (χ3v) is 8.11. The normalized spacial score (nSPS) is 27.8. The van der Waals surface area contributed by atoms with Gasteiger partial charge in [-0.1, -0.05) is 74.0 Å². The van der Waals surface area contributed by atoms with Gasteiger partial charge in [-0.25, -0.2) is 0 Å². The van der Waals surface area contributed by atoms with Gasteiger partial charge in [-0.3, -0.25) is 0 Å². The van der Waals surface area contributed by atoms with Crippen molar-refractivity contribution in [3.63, 3.8) is 0 Å². The molecule has 2 unspecified atom stereocenters. The molecule has 0 spiro atoms. The van der Waals surface area contributed by atoms with Crippen LogP contribution in [-0.2, 0) is 4.74 Å². The van der Waals surface area contributed by atoms with Gasteiger partial charge >= 0.3 is 0 Å². The van der Waals surface area contributed by atoms with E-state index in [-0.39, 0.29) is 10.3 Å². The van der Waals surface area contributed by atoms with E-state index >= 15 is 0 Å². The average Bonchev–Trinajstić information content (AvgIpc) is 3.19. The molecule has 2 fully saturated rings. The predicted molar refractivity (Wildman–Crippen MR) is 112 cm³/mol. The molecule has 0 radical (unpaired) electrons. The van der Waals surface area contributed by atoms with E-state index in [2.05, 4.69) is 79.3 Å². The fourth-order valence-electron chi connectivity index (χ4n) is 5.27. The molecule has 2 aromatic rings. The molecule has 26 heavy (non-hydrogen) atoms. The lowest BCUT2D eigenvalue weighted by atomic mass is 9.65. The highest BCUT2D eigenvalue weighted by atomic mass is 32.2. The van der Waals surface area contributed by atoms with Crippen molar-refractivity contribution < 1.29 is 4.74 Å². The minimum atomic E-state index is -0.00147. The summed E-state index contributed by atoms with van der Waals surface area (Å²) in [4.78, 5) is -0.00147.